The quantitative estimate of drug-likeness (QED) is 0.185. The summed E-state index contributed by atoms with van der Waals surface area (Å²) in [6.07, 6.45) is 12.3. The summed E-state index contributed by atoms with van der Waals surface area (Å²) in [4.78, 5) is 17.7. The molecule has 2 fully saturated rings. The standard InChI is InChI=1S/C37H46N4O2.C8H10.C2H6.CH4/c1-5-6-18-38-28-14-16-31-33(25-28)37(3,4)34-26-30(39-19-10-11-20-39)15-17-32(34)35(31)27(2)43-36(42)41-23-21-40(22-24-41)29-12-8-7-9-13-29;1-2-8-6-4-3-5-7-8;1-2;/h7-9,12-17,25-27H,5-6,10-11,18-24H2,1-4H3;3-7H,2H2,1H3;1-2H3;1H4/p+1. The molecule has 4 aliphatic rings. The first-order chi connectivity index (χ1) is 25.8. The SMILES string of the molecule is C.CC.CCCCNc1ccc2c(c1)C(C)(C)C1=CC(=[N+]3CCCC3)C=CC1=C2C(C)OC(=O)N1CCN(c2ccccc2)CC1.CCc1ccccc1. The molecule has 1 unspecified atom stereocenters. The van der Waals surface area contributed by atoms with Gasteiger partial charge in [-0.15, -0.1) is 0 Å². The number of benzene rings is 3. The summed E-state index contributed by atoms with van der Waals surface area (Å²) in [7, 11) is 0. The minimum Gasteiger partial charge on any atom is -0.441 e. The number of fused-ring (bicyclic) bond motifs is 2. The number of nitrogens with one attached hydrogen (secondary N) is 1. The van der Waals surface area contributed by atoms with Crippen molar-refractivity contribution in [1.82, 2.24) is 4.90 Å². The predicted octanol–water partition coefficient (Wildman–Crippen LogP) is 10.9. The van der Waals surface area contributed by atoms with Gasteiger partial charge in [-0.2, -0.15) is 0 Å². The van der Waals surface area contributed by atoms with Crippen LogP contribution in [0, 0.1) is 0 Å². The second kappa shape index (κ2) is 20.2. The van der Waals surface area contributed by atoms with Gasteiger partial charge < -0.3 is 19.9 Å². The molecule has 6 nitrogen and oxygen atoms in total. The van der Waals surface area contributed by atoms with Crippen LogP contribution in [0.5, 0.6) is 0 Å². The third-order valence-electron chi connectivity index (χ3n) is 10.9. The van der Waals surface area contributed by atoms with Gasteiger partial charge in [-0.05, 0) is 77.9 Å². The van der Waals surface area contributed by atoms with Gasteiger partial charge in [0.1, 0.15) is 19.2 Å². The van der Waals surface area contributed by atoms with E-state index in [9.17, 15) is 4.79 Å². The van der Waals surface area contributed by atoms with E-state index in [2.05, 4.69) is 127 Å². The number of para-hydroxylation sites is 1. The Hall–Kier alpha value is -4.58. The summed E-state index contributed by atoms with van der Waals surface area (Å²) in [5, 5.41) is 3.63. The Bertz CT molecular complexity index is 1770. The third kappa shape index (κ3) is 9.93. The zero-order chi connectivity index (χ0) is 37.8. The van der Waals surface area contributed by atoms with E-state index in [1.807, 2.05) is 37.8 Å². The highest BCUT2D eigenvalue weighted by molar-refractivity contribution is 6.06. The van der Waals surface area contributed by atoms with Gasteiger partial charge >= 0.3 is 6.09 Å². The Labute approximate surface area is 327 Å². The average Bonchev–Trinajstić information content (AvgIpc) is 3.75. The number of unbranched alkanes of at least 4 members (excludes halogenated alkanes) is 1. The Kier molecular flexibility index (Phi) is 15.8. The lowest BCUT2D eigenvalue weighted by atomic mass is 9.64. The fourth-order valence-electron chi connectivity index (χ4n) is 7.78. The van der Waals surface area contributed by atoms with Crippen LogP contribution in [-0.4, -0.2) is 73.2 Å². The van der Waals surface area contributed by atoms with E-state index >= 15 is 0 Å². The van der Waals surface area contributed by atoms with Crippen LogP contribution in [-0.2, 0) is 16.6 Å². The lowest BCUT2D eigenvalue weighted by Gasteiger charge is -2.40. The van der Waals surface area contributed by atoms with Crippen molar-refractivity contribution in [3.8, 4) is 0 Å². The number of carbonyl (C=O) groups excluding carboxylic acids is 1. The van der Waals surface area contributed by atoms with E-state index in [1.165, 1.54) is 52.1 Å². The van der Waals surface area contributed by atoms with Crippen LogP contribution in [0.4, 0.5) is 16.2 Å². The molecule has 54 heavy (non-hydrogen) atoms. The summed E-state index contributed by atoms with van der Waals surface area (Å²) in [5.74, 6) is 0. The molecule has 2 aliphatic heterocycles. The number of hydrogen-bond donors (Lipinski definition) is 1. The Morgan fingerprint density at radius 1 is 0.889 bits per heavy atom. The number of rotatable bonds is 8. The van der Waals surface area contributed by atoms with Gasteiger partial charge in [-0.3, -0.25) is 0 Å². The minimum absolute atomic E-state index is 0. The first-order valence-electron chi connectivity index (χ1n) is 20.2. The van der Waals surface area contributed by atoms with Gasteiger partial charge in [0.15, 0.2) is 5.71 Å². The lowest BCUT2D eigenvalue weighted by molar-refractivity contribution is -0.504. The lowest BCUT2D eigenvalue weighted by Crippen LogP contribution is -2.49. The molecule has 0 aromatic heterocycles. The molecule has 1 N–H and O–H groups in total. The first-order valence-corrected chi connectivity index (χ1v) is 20.2. The van der Waals surface area contributed by atoms with E-state index in [-0.39, 0.29) is 25.0 Å². The van der Waals surface area contributed by atoms with Crippen LogP contribution in [0.25, 0.3) is 5.57 Å². The summed E-state index contributed by atoms with van der Waals surface area (Å²) >= 11 is 0. The fraction of sp³-hybridized carbons (Fsp3) is 0.458. The van der Waals surface area contributed by atoms with E-state index in [4.69, 9.17) is 4.74 Å². The topological polar surface area (TPSA) is 47.8 Å². The van der Waals surface area contributed by atoms with Crippen molar-refractivity contribution in [3.63, 3.8) is 0 Å². The molecule has 0 radical (unpaired) electrons. The summed E-state index contributed by atoms with van der Waals surface area (Å²) in [6, 6.07) is 27.6. The molecule has 6 heteroatoms. The van der Waals surface area contributed by atoms with Crippen LogP contribution in [0.2, 0.25) is 0 Å². The first kappa shape index (κ1) is 42.2. The predicted molar refractivity (Wildman–Crippen MR) is 231 cm³/mol. The van der Waals surface area contributed by atoms with Gasteiger partial charge in [0, 0.05) is 80.1 Å². The number of amides is 1. The van der Waals surface area contributed by atoms with Crippen molar-refractivity contribution in [3.05, 3.63) is 125 Å². The second-order valence-electron chi connectivity index (χ2n) is 14.7. The number of piperazine rings is 1. The summed E-state index contributed by atoms with van der Waals surface area (Å²) in [6.45, 7) is 21.2. The zero-order valence-electron chi connectivity index (χ0n) is 33.5. The van der Waals surface area contributed by atoms with Crippen LogP contribution >= 0.6 is 0 Å². The fourth-order valence-corrected chi connectivity index (χ4v) is 7.78. The Morgan fingerprint density at radius 3 is 2.15 bits per heavy atom. The molecule has 3 aromatic carbocycles. The monoisotopic (exact) mass is 732 g/mol. The van der Waals surface area contributed by atoms with Gasteiger partial charge in [0.2, 0.25) is 0 Å². The number of ether oxygens (including phenoxy) is 1. The molecule has 2 aliphatic carbocycles. The second-order valence-corrected chi connectivity index (χ2v) is 14.7. The molecular weight excluding hydrogens is 665 g/mol. The van der Waals surface area contributed by atoms with Crippen LogP contribution in [0.1, 0.15) is 98.3 Å². The molecular formula is C48H67N4O2+. The number of aryl methyl sites for hydroxylation is 1. The Balaban J connectivity index is 0.000000519. The molecule has 3 aromatic rings. The average molecular weight is 732 g/mol. The third-order valence-corrected chi connectivity index (χ3v) is 10.9. The van der Waals surface area contributed by atoms with Crippen molar-refractivity contribution in [2.75, 3.05) is 56.0 Å². The van der Waals surface area contributed by atoms with Gasteiger partial charge in [-0.25, -0.2) is 9.37 Å². The molecule has 0 saturated carbocycles. The molecule has 2 heterocycles. The molecule has 290 valence electrons. The van der Waals surface area contributed by atoms with Crippen LogP contribution < -0.4 is 10.2 Å². The number of allylic oxidation sites excluding steroid dienone is 5. The molecule has 2 saturated heterocycles. The van der Waals surface area contributed by atoms with Crippen molar-refractivity contribution in [1.29, 1.82) is 0 Å². The summed E-state index contributed by atoms with van der Waals surface area (Å²) in [5.41, 5.74) is 11.0. The molecule has 7 rings (SSSR count). The number of carbonyl (C=O) groups is 1. The normalized spacial score (nSPS) is 17.4. The van der Waals surface area contributed by atoms with Crippen LogP contribution in [0.3, 0.4) is 0 Å². The van der Waals surface area contributed by atoms with Crippen molar-refractivity contribution in [2.24, 2.45) is 0 Å². The van der Waals surface area contributed by atoms with Gasteiger partial charge in [0.05, 0.1) is 0 Å². The van der Waals surface area contributed by atoms with E-state index in [0.29, 0.717) is 13.1 Å². The number of hydrogen-bond acceptors (Lipinski definition) is 4. The van der Waals surface area contributed by atoms with Crippen LogP contribution in [0.15, 0.2) is 108 Å². The van der Waals surface area contributed by atoms with Gasteiger partial charge in [0.25, 0.3) is 0 Å². The Morgan fingerprint density at radius 2 is 1.54 bits per heavy atom. The van der Waals surface area contributed by atoms with E-state index < -0.39 is 0 Å². The smallest absolute Gasteiger partial charge is 0.410 e. The highest BCUT2D eigenvalue weighted by Crippen LogP contribution is 2.50. The molecule has 0 spiro atoms. The maximum Gasteiger partial charge on any atom is 0.410 e. The highest BCUT2D eigenvalue weighted by atomic mass is 16.6. The zero-order valence-corrected chi connectivity index (χ0v) is 33.5. The maximum absolute atomic E-state index is 13.5. The minimum atomic E-state index is -0.384. The molecule has 1 amide bonds. The molecule has 0 bridgehead atoms. The van der Waals surface area contributed by atoms with Crippen molar-refractivity contribution in [2.45, 2.75) is 99.5 Å². The van der Waals surface area contributed by atoms with Gasteiger partial charge in [-0.1, -0.05) is 110 Å². The summed E-state index contributed by atoms with van der Waals surface area (Å²) < 4.78 is 8.80. The van der Waals surface area contributed by atoms with E-state index in [1.54, 1.807) is 0 Å². The van der Waals surface area contributed by atoms with Crippen molar-refractivity contribution < 1.29 is 14.1 Å². The maximum atomic E-state index is 13.5. The van der Waals surface area contributed by atoms with Crippen molar-refractivity contribution >= 4 is 28.8 Å². The van der Waals surface area contributed by atoms with E-state index in [0.717, 1.165) is 63.2 Å². The molecule has 1 atom stereocenters. The number of anilines is 2. The number of nitrogens with zero attached hydrogens (tertiary/aromatic N) is 3. The largest absolute Gasteiger partial charge is 0.441 e. The highest BCUT2D eigenvalue weighted by Gasteiger charge is 2.41.